The van der Waals surface area contributed by atoms with E-state index in [4.69, 9.17) is 4.74 Å². The lowest BCUT2D eigenvalue weighted by atomic mass is 10.1. The van der Waals surface area contributed by atoms with Crippen LogP contribution in [0.5, 0.6) is 5.75 Å². The first-order chi connectivity index (χ1) is 12.2. The largest absolute Gasteiger partial charge is 0.497 e. The smallest absolute Gasteiger partial charge is 0.118 e. The third-order valence-corrected chi connectivity index (χ3v) is 4.18. The van der Waals surface area contributed by atoms with E-state index in [1.165, 1.54) is 0 Å². The second kappa shape index (κ2) is 7.96. The third-order valence-electron chi connectivity index (χ3n) is 4.18. The van der Waals surface area contributed by atoms with Crippen LogP contribution in [0.2, 0.25) is 0 Å². The summed E-state index contributed by atoms with van der Waals surface area (Å²) in [6.07, 6.45) is 1.28. The SMILES string of the molecule is COc1ccc(-c2[nH]ncc2CNCC(O)c2cccc(C)c2)cc1. The van der Waals surface area contributed by atoms with Gasteiger partial charge in [0.05, 0.1) is 25.1 Å². The summed E-state index contributed by atoms with van der Waals surface area (Å²) in [5.74, 6) is 0.823. The Labute approximate surface area is 147 Å². The van der Waals surface area contributed by atoms with Gasteiger partial charge in [0, 0.05) is 24.2 Å². The van der Waals surface area contributed by atoms with Crippen LogP contribution in [-0.2, 0) is 6.54 Å². The lowest BCUT2D eigenvalue weighted by Crippen LogP contribution is -2.21. The van der Waals surface area contributed by atoms with Crippen molar-refractivity contribution in [3.05, 3.63) is 71.4 Å². The van der Waals surface area contributed by atoms with Crippen molar-refractivity contribution in [3.63, 3.8) is 0 Å². The van der Waals surface area contributed by atoms with E-state index in [0.717, 1.165) is 33.7 Å². The summed E-state index contributed by atoms with van der Waals surface area (Å²) in [6.45, 7) is 3.13. The molecule has 0 radical (unpaired) electrons. The van der Waals surface area contributed by atoms with Gasteiger partial charge in [-0.2, -0.15) is 5.10 Å². The topological polar surface area (TPSA) is 70.2 Å². The Kier molecular flexibility index (Phi) is 5.48. The first kappa shape index (κ1) is 17.2. The number of H-pyrrole nitrogens is 1. The molecule has 0 amide bonds. The van der Waals surface area contributed by atoms with E-state index < -0.39 is 6.10 Å². The van der Waals surface area contributed by atoms with Crippen molar-refractivity contribution in [2.75, 3.05) is 13.7 Å². The first-order valence-corrected chi connectivity index (χ1v) is 8.29. The fourth-order valence-corrected chi connectivity index (χ4v) is 2.79. The highest BCUT2D eigenvalue weighted by molar-refractivity contribution is 5.63. The number of benzene rings is 2. The Bertz CT molecular complexity index is 812. The number of hydrogen-bond donors (Lipinski definition) is 3. The van der Waals surface area contributed by atoms with E-state index in [-0.39, 0.29) is 0 Å². The first-order valence-electron chi connectivity index (χ1n) is 8.29. The molecule has 0 spiro atoms. The number of aromatic amines is 1. The van der Waals surface area contributed by atoms with Crippen LogP contribution in [0.25, 0.3) is 11.3 Å². The molecule has 130 valence electrons. The monoisotopic (exact) mass is 337 g/mol. The molecule has 3 aromatic rings. The van der Waals surface area contributed by atoms with Crippen LogP contribution < -0.4 is 10.1 Å². The second-order valence-corrected chi connectivity index (χ2v) is 6.06. The highest BCUT2D eigenvalue weighted by Crippen LogP contribution is 2.23. The number of ether oxygens (including phenoxy) is 1. The van der Waals surface area contributed by atoms with Crippen LogP contribution in [0.3, 0.4) is 0 Å². The molecule has 0 fully saturated rings. The number of hydrogen-bond acceptors (Lipinski definition) is 4. The van der Waals surface area contributed by atoms with Gasteiger partial charge in [0.25, 0.3) is 0 Å². The van der Waals surface area contributed by atoms with Crippen LogP contribution in [-0.4, -0.2) is 29.0 Å². The van der Waals surface area contributed by atoms with E-state index >= 15 is 0 Å². The van der Waals surface area contributed by atoms with Crippen LogP contribution in [0.1, 0.15) is 22.8 Å². The maximum Gasteiger partial charge on any atom is 0.118 e. The summed E-state index contributed by atoms with van der Waals surface area (Å²) in [5.41, 5.74) is 5.15. The van der Waals surface area contributed by atoms with Crippen molar-refractivity contribution >= 4 is 0 Å². The van der Waals surface area contributed by atoms with Crippen molar-refractivity contribution in [1.82, 2.24) is 15.5 Å². The van der Waals surface area contributed by atoms with Gasteiger partial charge in [-0.3, -0.25) is 5.10 Å². The molecule has 0 saturated heterocycles. The zero-order chi connectivity index (χ0) is 17.6. The van der Waals surface area contributed by atoms with E-state index in [1.807, 2.05) is 61.7 Å². The van der Waals surface area contributed by atoms with Gasteiger partial charge in [-0.15, -0.1) is 0 Å². The number of aromatic nitrogens is 2. The molecule has 1 atom stereocenters. The molecule has 5 nitrogen and oxygen atoms in total. The van der Waals surface area contributed by atoms with E-state index in [9.17, 15) is 5.11 Å². The number of nitrogens with zero attached hydrogens (tertiary/aromatic N) is 1. The summed E-state index contributed by atoms with van der Waals surface area (Å²) in [5, 5.41) is 20.8. The van der Waals surface area contributed by atoms with Gasteiger partial charge < -0.3 is 15.2 Å². The van der Waals surface area contributed by atoms with Gasteiger partial charge in [0.15, 0.2) is 0 Å². The molecule has 1 heterocycles. The standard InChI is InChI=1S/C20H23N3O2/c1-14-4-3-5-16(10-14)19(24)13-21-11-17-12-22-23-20(17)15-6-8-18(25-2)9-7-15/h3-10,12,19,21,24H,11,13H2,1-2H3,(H,22,23). The molecule has 0 aliphatic rings. The Morgan fingerprint density at radius 2 is 2.00 bits per heavy atom. The zero-order valence-electron chi connectivity index (χ0n) is 14.5. The summed E-state index contributed by atoms with van der Waals surface area (Å²) < 4.78 is 5.19. The Morgan fingerprint density at radius 1 is 1.20 bits per heavy atom. The van der Waals surface area contributed by atoms with Gasteiger partial charge in [0.2, 0.25) is 0 Å². The summed E-state index contributed by atoms with van der Waals surface area (Å²) in [6, 6.07) is 15.8. The maximum absolute atomic E-state index is 10.3. The number of methoxy groups -OCH3 is 1. The number of aryl methyl sites for hydroxylation is 1. The highest BCUT2D eigenvalue weighted by Gasteiger charge is 2.10. The molecule has 1 unspecified atom stereocenters. The average molecular weight is 337 g/mol. The van der Waals surface area contributed by atoms with Gasteiger partial charge in [-0.25, -0.2) is 0 Å². The number of nitrogens with one attached hydrogen (secondary N) is 2. The molecule has 0 bridgehead atoms. The average Bonchev–Trinajstić information content (AvgIpc) is 3.10. The normalized spacial score (nSPS) is 12.1. The quantitative estimate of drug-likeness (QED) is 0.619. The Hall–Kier alpha value is -2.63. The molecule has 5 heteroatoms. The Morgan fingerprint density at radius 3 is 2.72 bits per heavy atom. The number of aliphatic hydroxyl groups is 1. The molecular weight excluding hydrogens is 314 g/mol. The molecule has 1 aromatic heterocycles. The molecule has 0 aliphatic heterocycles. The fraction of sp³-hybridized carbons (Fsp3) is 0.250. The van der Waals surface area contributed by atoms with Crippen molar-refractivity contribution in [2.24, 2.45) is 0 Å². The van der Waals surface area contributed by atoms with Gasteiger partial charge in [-0.1, -0.05) is 29.8 Å². The number of rotatable bonds is 7. The van der Waals surface area contributed by atoms with Gasteiger partial charge >= 0.3 is 0 Å². The van der Waals surface area contributed by atoms with Crippen molar-refractivity contribution in [2.45, 2.75) is 19.6 Å². The lowest BCUT2D eigenvalue weighted by molar-refractivity contribution is 0.174. The summed E-state index contributed by atoms with van der Waals surface area (Å²) in [7, 11) is 1.65. The minimum atomic E-state index is -0.531. The molecule has 25 heavy (non-hydrogen) atoms. The molecule has 0 saturated carbocycles. The van der Waals surface area contributed by atoms with Crippen LogP contribution in [0, 0.1) is 6.92 Å². The molecule has 2 aromatic carbocycles. The Balaban J connectivity index is 1.61. The maximum atomic E-state index is 10.3. The predicted octanol–water partition coefficient (Wildman–Crippen LogP) is 3.22. The van der Waals surface area contributed by atoms with E-state index in [2.05, 4.69) is 15.5 Å². The van der Waals surface area contributed by atoms with Crippen LogP contribution >= 0.6 is 0 Å². The van der Waals surface area contributed by atoms with Crippen molar-refractivity contribution in [1.29, 1.82) is 0 Å². The number of aliphatic hydroxyl groups excluding tert-OH is 1. The minimum Gasteiger partial charge on any atom is -0.497 e. The second-order valence-electron chi connectivity index (χ2n) is 6.06. The van der Waals surface area contributed by atoms with Crippen molar-refractivity contribution in [3.8, 4) is 17.0 Å². The minimum absolute atomic E-state index is 0.483. The van der Waals surface area contributed by atoms with Gasteiger partial charge in [-0.05, 0) is 36.8 Å². The predicted molar refractivity (Wildman–Crippen MR) is 98.4 cm³/mol. The van der Waals surface area contributed by atoms with Crippen molar-refractivity contribution < 1.29 is 9.84 Å². The highest BCUT2D eigenvalue weighted by atomic mass is 16.5. The zero-order valence-corrected chi connectivity index (χ0v) is 14.5. The third kappa shape index (κ3) is 4.26. The van der Waals surface area contributed by atoms with Gasteiger partial charge in [0.1, 0.15) is 5.75 Å². The molecular formula is C20H23N3O2. The molecule has 0 aliphatic carbocycles. The summed E-state index contributed by atoms with van der Waals surface area (Å²) >= 11 is 0. The van der Waals surface area contributed by atoms with E-state index in [0.29, 0.717) is 13.1 Å². The van der Waals surface area contributed by atoms with Crippen LogP contribution in [0.4, 0.5) is 0 Å². The fourth-order valence-electron chi connectivity index (χ4n) is 2.79. The molecule has 3 rings (SSSR count). The molecule has 3 N–H and O–H groups in total. The van der Waals surface area contributed by atoms with Crippen LogP contribution in [0.15, 0.2) is 54.7 Å². The van der Waals surface area contributed by atoms with E-state index in [1.54, 1.807) is 7.11 Å². The summed E-state index contributed by atoms with van der Waals surface area (Å²) in [4.78, 5) is 0. The lowest BCUT2D eigenvalue weighted by Gasteiger charge is -2.13.